The van der Waals surface area contributed by atoms with E-state index in [4.69, 9.17) is 11.6 Å². The van der Waals surface area contributed by atoms with Crippen LogP contribution in [-0.2, 0) is 9.84 Å². The average molecular weight is 308 g/mol. The molecule has 1 aromatic carbocycles. The Balaban J connectivity index is 2.79. The fourth-order valence-corrected chi connectivity index (χ4v) is 2.82. The standard InChI is InChI=1S/C13H19ClFNO2S/c1-3-16-13(5-4-8-19(2,17)18)11-9-10(14)6-7-12(11)15/h6-7,9,13,16H,3-5,8H2,1-2H3. The van der Waals surface area contributed by atoms with Crippen molar-refractivity contribution in [2.45, 2.75) is 25.8 Å². The average Bonchev–Trinajstić information content (AvgIpc) is 2.30. The van der Waals surface area contributed by atoms with Crippen molar-refractivity contribution < 1.29 is 12.8 Å². The second-order valence-corrected chi connectivity index (χ2v) is 7.24. The third-order valence-electron chi connectivity index (χ3n) is 2.79. The minimum absolute atomic E-state index is 0.108. The number of hydrogen-bond donors (Lipinski definition) is 1. The van der Waals surface area contributed by atoms with Crippen molar-refractivity contribution in [2.24, 2.45) is 0 Å². The van der Waals surface area contributed by atoms with Crippen LogP contribution in [0, 0.1) is 5.82 Å². The summed E-state index contributed by atoms with van der Waals surface area (Å²) in [6, 6.07) is 4.20. The molecule has 0 fully saturated rings. The summed E-state index contributed by atoms with van der Waals surface area (Å²) in [6.07, 6.45) is 2.25. The predicted octanol–water partition coefficient (Wildman–Crippen LogP) is 2.95. The minimum atomic E-state index is -2.98. The fraction of sp³-hybridized carbons (Fsp3) is 0.538. The van der Waals surface area contributed by atoms with Crippen LogP contribution in [0.5, 0.6) is 0 Å². The van der Waals surface area contributed by atoms with Crippen molar-refractivity contribution in [3.8, 4) is 0 Å². The highest BCUT2D eigenvalue weighted by molar-refractivity contribution is 7.90. The van der Waals surface area contributed by atoms with E-state index in [9.17, 15) is 12.8 Å². The molecule has 0 aromatic heterocycles. The van der Waals surface area contributed by atoms with Gasteiger partial charge in [0, 0.05) is 28.6 Å². The van der Waals surface area contributed by atoms with E-state index >= 15 is 0 Å². The lowest BCUT2D eigenvalue weighted by atomic mass is 10.0. The lowest BCUT2D eigenvalue weighted by molar-refractivity contribution is 0.480. The van der Waals surface area contributed by atoms with Gasteiger partial charge in [0.1, 0.15) is 15.7 Å². The van der Waals surface area contributed by atoms with Crippen LogP contribution in [0.1, 0.15) is 31.4 Å². The van der Waals surface area contributed by atoms with Gasteiger partial charge in [0.05, 0.1) is 0 Å². The maximum atomic E-state index is 13.8. The molecule has 1 aromatic rings. The summed E-state index contributed by atoms with van der Waals surface area (Å²) < 4.78 is 36.0. The van der Waals surface area contributed by atoms with E-state index in [1.165, 1.54) is 18.4 Å². The van der Waals surface area contributed by atoms with Crippen LogP contribution in [0.25, 0.3) is 0 Å². The molecule has 0 aliphatic carbocycles. The van der Waals surface area contributed by atoms with Gasteiger partial charge in [-0.05, 0) is 37.6 Å². The molecule has 1 N–H and O–H groups in total. The number of halogens is 2. The van der Waals surface area contributed by atoms with Gasteiger partial charge >= 0.3 is 0 Å². The summed E-state index contributed by atoms with van der Waals surface area (Å²) in [5, 5.41) is 3.63. The van der Waals surface area contributed by atoms with E-state index in [1.54, 1.807) is 6.07 Å². The molecule has 6 heteroatoms. The van der Waals surface area contributed by atoms with Gasteiger partial charge in [-0.25, -0.2) is 12.8 Å². The third kappa shape index (κ3) is 5.89. The Morgan fingerprint density at radius 1 is 1.42 bits per heavy atom. The molecule has 0 heterocycles. The van der Waals surface area contributed by atoms with Crippen molar-refractivity contribution >= 4 is 21.4 Å². The third-order valence-corrected chi connectivity index (χ3v) is 4.06. The van der Waals surface area contributed by atoms with Gasteiger partial charge in [-0.1, -0.05) is 18.5 Å². The SMILES string of the molecule is CCNC(CCCS(C)(=O)=O)c1cc(Cl)ccc1F. The molecule has 1 unspecified atom stereocenters. The van der Waals surface area contributed by atoms with Gasteiger partial charge < -0.3 is 5.32 Å². The monoisotopic (exact) mass is 307 g/mol. The Bertz CT molecular complexity index is 519. The lowest BCUT2D eigenvalue weighted by Crippen LogP contribution is -2.22. The molecule has 1 atom stereocenters. The molecule has 0 saturated heterocycles. The van der Waals surface area contributed by atoms with E-state index in [1.807, 2.05) is 6.92 Å². The smallest absolute Gasteiger partial charge is 0.147 e. The zero-order chi connectivity index (χ0) is 14.5. The van der Waals surface area contributed by atoms with Gasteiger partial charge in [0.15, 0.2) is 0 Å². The molecule has 3 nitrogen and oxygen atoms in total. The summed E-state index contributed by atoms with van der Waals surface area (Å²) in [4.78, 5) is 0. The zero-order valence-electron chi connectivity index (χ0n) is 11.1. The van der Waals surface area contributed by atoms with Crippen LogP contribution in [0.3, 0.4) is 0 Å². The number of rotatable bonds is 7. The molecular weight excluding hydrogens is 289 g/mol. The van der Waals surface area contributed by atoms with Crippen LogP contribution in [0.2, 0.25) is 5.02 Å². The van der Waals surface area contributed by atoms with E-state index in [-0.39, 0.29) is 17.6 Å². The molecule has 19 heavy (non-hydrogen) atoms. The quantitative estimate of drug-likeness (QED) is 0.842. The maximum absolute atomic E-state index is 13.8. The van der Waals surface area contributed by atoms with Crippen LogP contribution in [0.15, 0.2) is 18.2 Å². The van der Waals surface area contributed by atoms with Crippen molar-refractivity contribution in [3.63, 3.8) is 0 Å². The fourth-order valence-electron chi connectivity index (χ4n) is 1.95. The van der Waals surface area contributed by atoms with Gasteiger partial charge in [0.2, 0.25) is 0 Å². The highest BCUT2D eigenvalue weighted by atomic mass is 35.5. The van der Waals surface area contributed by atoms with Crippen LogP contribution in [0.4, 0.5) is 4.39 Å². The highest BCUT2D eigenvalue weighted by Crippen LogP contribution is 2.25. The van der Waals surface area contributed by atoms with E-state index < -0.39 is 9.84 Å². The van der Waals surface area contributed by atoms with E-state index in [0.29, 0.717) is 30.0 Å². The molecule has 0 bridgehead atoms. The lowest BCUT2D eigenvalue weighted by Gasteiger charge is -2.19. The first kappa shape index (κ1) is 16.4. The Morgan fingerprint density at radius 2 is 2.11 bits per heavy atom. The van der Waals surface area contributed by atoms with Gasteiger partial charge in [0.25, 0.3) is 0 Å². The maximum Gasteiger partial charge on any atom is 0.147 e. The van der Waals surface area contributed by atoms with Gasteiger partial charge in [-0.2, -0.15) is 0 Å². The largest absolute Gasteiger partial charge is 0.310 e. The summed E-state index contributed by atoms with van der Waals surface area (Å²) in [5.74, 6) is -0.216. The summed E-state index contributed by atoms with van der Waals surface area (Å²) in [6.45, 7) is 2.60. The topological polar surface area (TPSA) is 46.2 Å². The van der Waals surface area contributed by atoms with Crippen LogP contribution in [-0.4, -0.2) is 27.0 Å². The number of benzene rings is 1. The van der Waals surface area contributed by atoms with Gasteiger partial charge in [-0.15, -0.1) is 0 Å². The number of hydrogen-bond acceptors (Lipinski definition) is 3. The molecule has 108 valence electrons. The van der Waals surface area contributed by atoms with Crippen LogP contribution >= 0.6 is 11.6 Å². The predicted molar refractivity (Wildman–Crippen MR) is 76.8 cm³/mol. The second kappa shape index (κ2) is 7.22. The number of nitrogens with one attached hydrogen (secondary N) is 1. The molecule has 0 aliphatic rings. The first-order chi connectivity index (χ1) is 8.83. The van der Waals surface area contributed by atoms with Crippen molar-refractivity contribution in [2.75, 3.05) is 18.6 Å². The van der Waals surface area contributed by atoms with E-state index in [0.717, 1.165) is 0 Å². The molecular formula is C13H19ClFNO2S. The van der Waals surface area contributed by atoms with Crippen molar-refractivity contribution in [1.82, 2.24) is 5.32 Å². The van der Waals surface area contributed by atoms with Crippen molar-refractivity contribution in [1.29, 1.82) is 0 Å². The molecule has 1 rings (SSSR count). The summed E-state index contributed by atoms with van der Waals surface area (Å²) in [7, 11) is -2.98. The van der Waals surface area contributed by atoms with Crippen molar-refractivity contribution in [3.05, 3.63) is 34.6 Å². The molecule has 0 aliphatic heterocycles. The Labute approximate surface area is 119 Å². The second-order valence-electron chi connectivity index (χ2n) is 4.55. The Morgan fingerprint density at radius 3 is 2.68 bits per heavy atom. The highest BCUT2D eigenvalue weighted by Gasteiger charge is 2.16. The van der Waals surface area contributed by atoms with Crippen LogP contribution < -0.4 is 5.32 Å². The van der Waals surface area contributed by atoms with E-state index in [2.05, 4.69) is 5.32 Å². The normalized spacial score (nSPS) is 13.5. The molecule has 0 radical (unpaired) electrons. The Hall–Kier alpha value is -0.650. The van der Waals surface area contributed by atoms with Gasteiger partial charge in [-0.3, -0.25) is 0 Å². The first-order valence-corrected chi connectivity index (χ1v) is 8.63. The first-order valence-electron chi connectivity index (χ1n) is 6.19. The molecule has 0 spiro atoms. The Kier molecular flexibility index (Phi) is 6.23. The zero-order valence-corrected chi connectivity index (χ0v) is 12.7. The molecule has 0 amide bonds. The summed E-state index contributed by atoms with van der Waals surface area (Å²) >= 11 is 5.88. The number of sulfone groups is 1. The molecule has 0 saturated carbocycles. The summed E-state index contributed by atoms with van der Waals surface area (Å²) in [5.41, 5.74) is 0.489. The minimum Gasteiger partial charge on any atom is -0.310 e.